The zero-order valence-corrected chi connectivity index (χ0v) is 16.0. The number of fused-ring (bicyclic) bond motifs is 1. The Bertz CT molecular complexity index is 998. The molecule has 0 bridgehead atoms. The lowest BCUT2D eigenvalue weighted by molar-refractivity contribution is 0.0702. The predicted molar refractivity (Wildman–Crippen MR) is 106 cm³/mol. The summed E-state index contributed by atoms with van der Waals surface area (Å²) in [6.07, 6.45) is 2.28. The van der Waals surface area contributed by atoms with E-state index in [1.807, 2.05) is 30.3 Å². The van der Waals surface area contributed by atoms with Crippen LogP contribution in [0, 0.1) is 0 Å². The van der Waals surface area contributed by atoms with Crippen LogP contribution in [0.25, 0.3) is 0 Å². The maximum Gasteiger partial charge on any atom is 0.289 e. The van der Waals surface area contributed by atoms with Crippen LogP contribution in [-0.2, 0) is 13.0 Å². The van der Waals surface area contributed by atoms with Gasteiger partial charge >= 0.3 is 0 Å². The maximum absolute atomic E-state index is 12.5. The van der Waals surface area contributed by atoms with Crippen LogP contribution in [0.1, 0.15) is 32.0 Å². The fraction of sp³-hybridized carbons (Fsp3) is 0.143. The summed E-state index contributed by atoms with van der Waals surface area (Å²) in [5.41, 5.74) is 3.52. The highest BCUT2D eigenvalue weighted by Crippen LogP contribution is 2.24. The molecule has 0 saturated carbocycles. The molecule has 0 atom stereocenters. The van der Waals surface area contributed by atoms with Gasteiger partial charge in [0.2, 0.25) is 0 Å². The van der Waals surface area contributed by atoms with E-state index >= 15 is 0 Å². The van der Waals surface area contributed by atoms with E-state index in [4.69, 9.17) is 4.42 Å². The molecule has 1 aromatic heterocycles. The fourth-order valence-electron chi connectivity index (χ4n) is 3.20. The summed E-state index contributed by atoms with van der Waals surface area (Å²) >= 11 is 3.38. The molecule has 136 valence electrons. The van der Waals surface area contributed by atoms with Crippen molar-refractivity contribution in [1.82, 2.24) is 4.90 Å². The molecule has 0 aliphatic carbocycles. The average Bonchev–Trinajstić information content (AvgIpc) is 3.21. The van der Waals surface area contributed by atoms with Gasteiger partial charge in [-0.25, -0.2) is 0 Å². The smallest absolute Gasteiger partial charge is 0.289 e. The molecule has 1 N–H and O–H groups in total. The third-order valence-electron chi connectivity index (χ3n) is 4.58. The number of rotatable bonds is 3. The number of anilines is 1. The Labute approximate surface area is 165 Å². The molecule has 0 saturated heterocycles. The van der Waals surface area contributed by atoms with Crippen LogP contribution in [0.2, 0.25) is 0 Å². The molecule has 3 aromatic rings. The van der Waals surface area contributed by atoms with Crippen LogP contribution in [0.4, 0.5) is 5.69 Å². The van der Waals surface area contributed by atoms with Gasteiger partial charge < -0.3 is 14.6 Å². The number of nitrogens with zero attached hydrogens (tertiary/aromatic N) is 1. The van der Waals surface area contributed by atoms with Crippen molar-refractivity contribution < 1.29 is 14.0 Å². The molecule has 2 amide bonds. The number of hydrogen-bond acceptors (Lipinski definition) is 3. The molecule has 0 spiro atoms. The Morgan fingerprint density at radius 3 is 2.70 bits per heavy atom. The standard InChI is InChI=1S/C21H17BrN2O3/c22-17-4-1-3-15(11-17)20(25)23-18-7-6-14-8-9-24(13-16(14)12-18)21(26)19-5-2-10-27-19/h1-7,10-12H,8-9,13H2,(H,23,25). The van der Waals surface area contributed by atoms with Crippen molar-refractivity contribution in [2.45, 2.75) is 13.0 Å². The topological polar surface area (TPSA) is 62.6 Å². The number of benzene rings is 2. The minimum Gasteiger partial charge on any atom is -0.459 e. The lowest BCUT2D eigenvalue weighted by atomic mass is 9.98. The van der Waals surface area contributed by atoms with Crippen LogP contribution in [0.3, 0.4) is 0 Å². The lowest BCUT2D eigenvalue weighted by Crippen LogP contribution is -2.35. The zero-order valence-electron chi connectivity index (χ0n) is 14.4. The maximum atomic E-state index is 12.5. The van der Waals surface area contributed by atoms with Crippen LogP contribution < -0.4 is 5.32 Å². The van der Waals surface area contributed by atoms with Crippen molar-refractivity contribution in [3.8, 4) is 0 Å². The summed E-state index contributed by atoms with van der Waals surface area (Å²) in [5.74, 6) is 0.0577. The first-order chi connectivity index (χ1) is 13.1. The highest BCUT2D eigenvalue weighted by molar-refractivity contribution is 9.10. The van der Waals surface area contributed by atoms with E-state index in [1.165, 1.54) is 11.8 Å². The molecule has 0 fully saturated rings. The molecule has 1 aliphatic rings. The third-order valence-corrected chi connectivity index (χ3v) is 5.08. The van der Waals surface area contributed by atoms with Crippen molar-refractivity contribution >= 4 is 33.4 Å². The van der Waals surface area contributed by atoms with Crippen molar-refractivity contribution in [3.63, 3.8) is 0 Å². The van der Waals surface area contributed by atoms with E-state index in [0.29, 0.717) is 30.1 Å². The number of carbonyl (C=O) groups excluding carboxylic acids is 2. The summed E-state index contributed by atoms with van der Waals surface area (Å²) in [7, 11) is 0. The van der Waals surface area contributed by atoms with E-state index in [1.54, 1.807) is 29.2 Å². The van der Waals surface area contributed by atoms with Gasteiger partial charge in [-0.2, -0.15) is 0 Å². The van der Waals surface area contributed by atoms with E-state index in [2.05, 4.69) is 21.2 Å². The third kappa shape index (κ3) is 3.80. The van der Waals surface area contributed by atoms with Crippen LogP contribution in [0.5, 0.6) is 0 Å². The number of nitrogens with one attached hydrogen (secondary N) is 1. The largest absolute Gasteiger partial charge is 0.459 e. The summed E-state index contributed by atoms with van der Waals surface area (Å²) in [5, 5.41) is 2.93. The number of halogens is 1. The molecule has 2 heterocycles. The van der Waals surface area contributed by atoms with Crippen LogP contribution >= 0.6 is 15.9 Å². The van der Waals surface area contributed by atoms with E-state index in [9.17, 15) is 9.59 Å². The molecular formula is C21H17BrN2O3. The summed E-state index contributed by atoms with van der Waals surface area (Å²) in [6, 6.07) is 16.5. The molecule has 6 heteroatoms. The summed E-state index contributed by atoms with van der Waals surface area (Å²) in [6.45, 7) is 1.14. The minimum absolute atomic E-state index is 0.116. The monoisotopic (exact) mass is 424 g/mol. The van der Waals surface area contributed by atoms with Gasteiger partial charge in [-0.1, -0.05) is 28.1 Å². The number of carbonyl (C=O) groups is 2. The second-order valence-electron chi connectivity index (χ2n) is 6.40. The number of furan rings is 1. The molecule has 1 aliphatic heterocycles. The Hall–Kier alpha value is -2.86. The van der Waals surface area contributed by atoms with Gasteiger partial charge in [-0.15, -0.1) is 0 Å². The van der Waals surface area contributed by atoms with Gasteiger partial charge in [0.15, 0.2) is 5.76 Å². The van der Waals surface area contributed by atoms with Gasteiger partial charge in [-0.05, 0) is 60.0 Å². The van der Waals surface area contributed by atoms with Crippen molar-refractivity contribution in [2.75, 3.05) is 11.9 Å². The quantitative estimate of drug-likeness (QED) is 0.673. The SMILES string of the molecule is O=C(Nc1ccc2c(c1)CN(C(=O)c1ccco1)CC2)c1cccc(Br)c1. The first-order valence-corrected chi connectivity index (χ1v) is 9.41. The van der Waals surface area contributed by atoms with Gasteiger partial charge in [0, 0.05) is 28.8 Å². The molecule has 5 nitrogen and oxygen atoms in total. The van der Waals surface area contributed by atoms with Gasteiger partial charge in [-0.3, -0.25) is 9.59 Å². The second kappa shape index (κ2) is 7.40. The average molecular weight is 425 g/mol. The Morgan fingerprint density at radius 1 is 1.04 bits per heavy atom. The van der Waals surface area contributed by atoms with Crippen molar-refractivity contribution in [2.24, 2.45) is 0 Å². The predicted octanol–water partition coefficient (Wildman–Crippen LogP) is 4.49. The highest BCUT2D eigenvalue weighted by atomic mass is 79.9. The summed E-state index contributed by atoms with van der Waals surface area (Å²) < 4.78 is 6.07. The van der Waals surface area contributed by atoms with Gasteiger partial charge in [0.25, 0.3) is 11.8 Å². The molecule has 0 radical (unpaired) electrons. The van der Waals surface area contributed by atoms with Crippen molar-refractivity contribution in [3.05, 3.63) is 87.8 Å². The Balaban J connectivity index is 1.51. The Kier molecular flexibility index (Phi) is 4.81. The Morgan fingerprint density at radius 2 is 1.93 bits per heavy atom. The molecule has 0 unspecified atom stereocenters. The van der Waals surface area contributed by atoms with E-state index in [0.717, 1.165) is 16.5 Å². The van der Waals surface area contributed by atoms with Crippen LogP contribution in [-0.4, -0.2) is 23.3 Å². The first-order valence-electron chi connectivity index (χ1n) is 8.61. The molecular weight excluding hydrogens is 408 g/mol. The number of amides is 2. The summed E-state index contributed by atoms with van der Waals surface area (Å²) in [4.78, 5) is 26.7. The van der Waals surface area contributed by atoms with Gasteiger partial charge in [0.05, 0.1) is 6.26 Å². The normalized spacial score (nSPS) is 13.1. The van der Waals surface area contributed by atoms with Crippen molar-refractivity contribution in [1.29, 1.82) is 0 Å². The molecule has 4 rings (SSSR count). The fourth-order valence-corrected chi connectivity index (χ4v) is 3.60. The molecule has 27 heavy (non-hydrogen) atoms. The first kappa shape index (κ1) is 17.5. The van der Waals surface area contributed by atoms with Gasteiger partial charge in [0.1, 0.15) is 0 Å². The zero-order chi connectivity index (χ0) is 18.8. The van der Waals surface area contributed by atoms with E-state index < -0.39 is 0 Å². The number of hydrogen-bond donors (Lipinski definition) is 1. The molecule has 2 aromatic carbocycles. The lowest BCUT2D eigenvalue weighted by Gasteiger charge is -2.28. The van der Waals surface area contributed by atoms with Crippen LogP contribution in [0.15, 0.2) is 69.8 Å². The highest BCUT2D eigenvalue weighted by Gasteiger charge is 2.23. The minimum atomic E-state index is -0.171. The second-order valence-corrected chi connectivity index (χ2v) is 7.32. The van der Waals surface area contributed by atoms with E-state index in [-0.39, 0.29) is 11.8 Å².